The van der Waals surface area contributed by atoms with Gasteiger partial charge in [-0.05, 0) is 55.5 Å². The normalized spacial score (nSPS) is 19.3. The van der Waals surface area contributed by atoms with Gasteiger partial charge in [-0.25, -0.2) is 4.39 Å². The molecule has 0 saturated carbocycles. The molecule has 1 saturated heterocycles. The lowest BCUT2D eigenvalue weighted by Crippen LogP contribution is -2.25. The number of hydrogen-bond acceptors (Lipinski definition) is 2. The Morgan fingerprint density at radius 2 is 2.00 bits per heavy atom. The predicted molar refractivity (Wildman–Crippen MR) is 79.0 cm³/mol. The molecule has 19 heavy (non-hydrogen) atoms. The van der Waals surface area contributed by atoms with E-state index in [-0.39, 0.29) is 5.82 Å². The van der Waals surface area contributed by atoms with E-state index in [4.69, 9.17) is 0 Å². The molecule has 0 aliphatic carbocycles. The van der Waals surface area contributed by atoms with Crippen molar-refractivity contribution in [3.8, 4) is 0 Å². The van der Waals surface area contributed by atoms with Gasteiger partial charge in [0.05, 0.1) is 0 Å². The van der Waals surface area contributed by atoms with Gasteiger partial charge in [0.15, 0.2) is 0 Å². The molecule has 0 bridgehead atoms. The van der Waals surface area contributed by atoms with Gasteiger partial charge in [0.25, 0.3) is 0 Å². The molecule has 1 aliphatic heterocycles. The van der Waals surface area contributed by atoms with Crippen LogP contribution in [0.15, 0.2) is 18.2 Å². The Bertz CT molecular complexity index is 429. The lowest BCUT2D eigenvalue weighted by Gasteiger charge is -2.25. The fourth-order valence-corrected chi connectivity index (χ4v) is 2.80. The lowest BCUT2D eigenvalue weighted by atomic mass is 9.85. The zero-order valence-corrected chi connectivity index (χ0v) is 12.3. The second-order valence-electron chi connectivity index (χ2n) is 6.35. The minimum absolute atomic E-state index is 0.133. The van der Waals surface area contributed by atoms with Crippen molar-refractivity contribution in [1.82, 2.24) is 5.32 Å². The molecule has 0 radical (unpaired) electrons. The SMILES string of the molecule is CNCc1cc(F)cc(N2CCCC(C)(C)CC2)c1. The third-order valence-electron chi connectivity index (χ3n) is 4.03. The topological polar surface area (TPSA) is 15.3 Å². The summed E-state index contributed by atoms with van der Waals surface area (Å²) in [6, 6.07) is 5.39. The van der Waals surface area contributed by atoms with Crippen molar-refractivity contribution in [2.45, 2.75) is 39.7 Å². The van der Waals surface area contributed by atoms with E-state index in [2.05, 4.69) is 30.1 Å². The molecular formula is C16H25FN2. The highest BCUT2D eigenvalue weighted by Crippen LogP contribution is 2.32. The Balaban J connectivity index is 2.16. The number of benzene rings is 1. The maximum absolute atomic E-state index is 13.7. The van der Waals surface area contributed by atoms with Gasteiger partial charge in [0.1, 0.15) is 5.82 Å². The molecular weight excluding hydrogens is 239 g/mol. The minimum atomic E-state index is -0.133. The second-order valence-corrected chi connectivity index (χ2v) is 6.35. The molecule has 3 heteroatoms. The van der Waals surface area contributed by atoms with E-state index >= 15 is 0 Å². The van der Waals surface area contributed by atoms with Crippen LogP contribution in [0.3, 0.4) is 0 Å². The standard InChI is InChI=1S/C16H25FN2/c1-16(2)5-4-7-19(8-6-16)15-10-13(12-18-3)9-14(17)11-15/h9-11,18H,4-8,12H2,1-3H3. The summed E-state index contributed by atoms with van der Waals surface area (Å²) in [5.41, 5.74) is 2.46. The van der Waals surface area contributed by atoms with Crippen LogP contribution < -0.4 is 10.2 Å². The first-order valence-corrected chi connectivity index (χ1v) is 7.19. The van der Waals surface area contributed by atoms with Gasteiger partial charge in [-0.2, -0.15) is 0 Å². The smallest absolute Gasteiger partial charge is 0.125 e. The number of halogens is 1. The first kappa shape index (κ1) is 14.3. The van der Waals surface area contributed by atoms with Crippen LogP contribution in [0.2, 0.25) is 0 Å². The van der Waals surface area contributed by atoms with Gasteiger partial charge in [-0.3, -0.25) is 0 Å². The van der Waals surface area contributed by atoms with Crippen molar-refractivity contribution in [3.63, 3.8) is 0 Å². The Kier molecular flexibility index (Phi) is 4.46. The average Bonchev–Trinajstić information content (AvgIpc) is 2.50. The molecule has 2 nitrogen and oxygen atoms in total. The summed E-state index contributed by atoms with van der Waals surface area (Å²) in [4.78, 5) is 2.33. The van der Waals surface area contributed by atoms with Crippen molar-refractivity contribution < 1.29 is 4.39 Å². The molecule has 1 heterocycles. The zero-order valence-electron chi connectivity index (χ0n) is 12.3. The van der Waals surface area contributed by atoms with Crippen LogP contribution in [0.1, 0.15) is 38.7 Å². The maximum Gasteiger partial charge on any atom is 0.125 e. The number of rotatable bonds is 3. The van der Waals surface area contributed by atoms with Crippen LogP contribution >= 0.6 is 0 Å². The molecule has 106 valence electrons. The van der Waals surface area contributed by atoms with Crippen LogP contribution in [-0.2, 0) is 6.54 Å². The van der Waals surface area contributed by atoms with Crippen LogP contribution in [0.4, 0.5) is 10.1 Å². The fourth-order valence-electron chi connectivity index (χ4n) is 2.80. The van der Waals surface area contributed by atoms with E-state index in [1.807, 2.05) is 7.05 Å². The van der Waals surface area contributed by atoms with E-state index in [0.717, 1.165) is 24.3 Å². The van der Waals surface area contributed by atoms with Crippen LogP contribution in [0, 0.1) is 11.2 Å². The second kappa shape index (κ2) is 5.91. The van der Waals surface area contributed by atoms with Crippen molar-refractivity contribution in [1.29, 1.82) is 0 Å². The van der Waals surface area contributed by atoms with E-state index in [9.17, 15) is 4.39 Å². The molecule has 1 aromatic carbocycles. The molecule has 0 atom stereocenters. The van der Waals surface area contributed by atoms with E-state index in [1.165, 1.54) is 19.3 Å². The summed E-state index contributed by atoms with van der Waals surface area (Å²) in [5, 5.41) is 3.08. The highest BCUT2D eigenvalue weighted by molar-refractivity contribution is 5.49. The highest BCUT2D eigenvalue weighted by Gasteiger charge is 2.23. The molecule has 0 amide bonds. The van der Waals surface area contributed by atoms with E-state index < -0.39 is 0 Å². The van der Waals surface area contributed by atoms with Crippen molar-refractivity contribution in [3.05, 3.63) is 29.6 Å². The van der Waals surface area contributed by atoms with Gasteiger partial charge in [-0.15, -0.1) is 0 Å². The number of anilines is 1. The van der Waals surface area contributed by atoms with Crippen molar-refractivity contribution in [2.24, 2.45) is 5.41 Å². The largest absolute Gasteiger partial charge is 0.371 e. The Morgan fingerprint density at radius 3 is 2.74 bits per heavy atom. The maximum atomic E-state index is 13.7. The van der Waals surface area contributed by atoms with Crippen LogP contribution in [0.25, 0.3) is 0 Å². The van der Waals surface area contributed by atoms with Crippen LogP contribution in [0.5, 0.6) is 0 Å². The third-order valence-corrected chi connectivity index (χ3v) is 4.03. The Morgan fingerprint density at radius 1 is 1.21 bits per heavy atom. The Hall–Kier alpha value is -1.09. The van der Waals surface area contributed by atoms with Gasteiger partial charge in [-0.1, -0.05) is 13.8 Å². The first-order chi connectivity index (χ1) is 9.00. The summed E-state index contributed by atoms with van der Waals surface area (Å²) in [6.45, 7) is 7.43. The number of nitrogens with zero attached hydrogens (tertiary/aromatic N) is 1. The van der Waals surface area contributed by atoms with Crippen LogP contribution in [-0.4, -0.2) is 20.1 Å². The first-order valence-electron chi connectivity index (χ1n) is 7.19. The molecule has 0 aromatic heterocycles. The van der Waals surface area contributed by atoms with E-state index in [0.29, 0.717) is 12.0 Å². The van der Waals surface area contributed by atoms with Gasteiger partial charge in [0, 0.05) is 25.3 Å². The number of hydrogen-bond donors (Lipinski definition) is 1. The lowest BCUT2D eigenvalue weighted by molar-refractivity contribution is 0.325. The molecule has 1 aromatic rings. The zero-order chi connectivity index (χ0) is 13.9. The van der Waals surface area contributed by atoms with Gasteiger partial charge < -0.3 is 10.2 Å². The summed E-state index contributed by atoms with van der Waals surface area (Å²) in [7, 11) is 1.89. The molecule has 1 fully saturated rings. The highest BCUT2D eigenvalue weighted by atomic mass is 19.1. The van der Waals surface area contributed by atoms with Gasteiger partial charge in [0.2, 0.25) is 0 Å². The monoisotopic (exact) mass is 264 g/mol. The molecule has 0 unspecified atom stereocenters. The average molecular weight is 264 g/mol. The summed E-state index contributed by atoms with van der Waals surface area (Å²) in [5.74, 6) is -0.133. The fraction of sp³-hybridized carbons (Fsp3) is 0.625. The number of nitrogens with one attached hydrogen (secondary N) is 1. The molecule has 0 spiro atoms. The molecule has 1 N–H and O–H groups in total. The summed E-state index contributed by atoms with van der Waals surface area (Å²) in [6.07, 6.45) is 3.61. The van der Waals surface area contributed by atoms with Crippen molar-refractivity contribution >= 4 is 5.69 Å². The molecule has 2 rings (SSSR count). The predicted octanol–water partition coefficient (Wildman–Crippen LogP) is 3.56. The third kappa shape index (κ3) is 3.93. The van der Waals surface area contributed by atoms with Crippen molar-refractivity contribution in [2.75, 3.05) is 25.0 Å². The summed E-state index contributed by atoms with van der Waals surface area (Å²) < 4.78 is 13.7. The minimum Gasteiger partial charge on any atom is -0.371 e. The Labute approximate surface area is 116 Å². The van der Waals surface area contributed by atoms with E-state index in [1.54, 1.807) is 12.1 Å². The summed E-state index contributed by atoms with van der Waals surface area (Å²) >= 11 is 0. The molecule has 1 aliphatic rings. The quantitative estimate of drug-likeness (QED) is 0.898. The van der Waals surface area contributed by atoms with Gasteiger partial charge >= 0.3 is 0 Å².